The molecule has 3 N–H and O–H groups in total. The molecule has 0 heterocycles. The molecule has 0 amide bonds. The minimum atomic E-state index is -2.44. The Hall–Kier alpha value is 0.230. The number of hydrogen-bond donors (Lipinski definition) is 3. The molecular formula is C4H15NO2S. The van der Waals surface area contributed by atoms with Crippen molar-refractivity contribution in [3.05, 3.63) is 0 Å². The maximum absolute atomic E-state index is 8.68. The van der Waals surface area contributed by atoms with Crippen molar-refractivity contribution in [2.45, 2.75) is 13.3 Å². The molecule has 3 nitrogen and oxygen atoms in total. The third-order valence-corrected chi connectivity index (χ3v) is 1.38. The topological polar surface area (TPSA) is 52.5 Å². The smallest absolute Gasteiger partial charge is 0.0416 e. The van der Waals surface area contributed by atoms with E-state index in [1.165, 1.54) is 6.26 Å². The fraction of sp³-hybridized carbons (Fsp3) is 1.00. The van der Waals surface area contributed by atoms with Gasteiger partial charge in [-0.1, -0.05) is 6.92 Å². The summed E-state index contributed by atoms with van der Waals surface area (Å²) in [7, 11) is -2.44. The van der Waals surface area contributed by atoms with Crippen LogP contribution in [-0.2, 0) is 0 Å². The van der Waals surface area contributed by atoms with E-state index in [0.717, 1.165) is 6.42 Å². The summed E-state index contributed by atoms with van der Waals surface area (Å²) < 4.78 is 19.9. The van der Waals surface area contributed by atoms with Crippen LogP contribution in [0.5, 0.6) is 0 Å². The van der Waals surface area contributed by atoms with Gasteiger partial charge in [0.15, 0.2) is 0 Å². The first kappa shape index (κ1) is 8.23. The lowest BCUT2D eigenvalue weighted by molar-refractivity contribution is 0.478. The maximum atomic E-state index is 8.68. The van der Waals surface area contributed by atoms with Crippen molar-refractivity contribution in [2.75, 3.05) is 12.8 Å². The molecule has 0 aliphatic carbocycles. The van der Waals surface area contributed by atoms with Gasteiger partial charge in [0.05, 0.1) is 0 Å². The Kier molecular flexibility index (Phi) is 3.39. The fourth-order valence-corrected chi connectivity index (χ4v) is 0.886. The predicted molar refractivity (Wildman–Crippen MR) is 39.2 cm³/mol. The minimum Gasteiger partial charge on any atom is -0.286 e. The van der Waals surface area contributed by atoms with E-state index in [9.17, 15) is 0 Å². The second kappa shape index (κ2) is 3.29. The fourth-order valence-electron chi connectivity index (χ4n) is 0.295. The summed E-state index contributed by atoms with van der Waals surface area (Å²) in [6.07, 6.45) is 2.30. The standard InChI is InChI=1S/C4H13NO2S.H2/c1-3-4-5-8(2,6)7;/h5-7H,3-4H2,1-2H3;1H. The minimum absolute atomic E-state index is 0. The quantitative estimate of drug-likeness (QED) is 0.558. The second-order valence-electron chi connectivity index (χ2n) is 1.73. The van der Waals surface area contributed by atoms with Gasteiger partial charge in [-0.05, 0) is 6.42 Å². The van der Waals surface area contributed by atoms with Crippen LogP contribution < -0.4 is 4.72 Å². The van der Waals surface area contributed by atoms with Crippen LogP contribution in [0.1, 0.15) is 14.8 Å². The molecule has 0 atom stereocenters. The van der Waals surface area contributed by atoms with E-state index in [1.807, 2.05) is 6.92 Å². The first-order chi connectivity index (χ1) is 3.56. The molecule has 0 saturated heterocycles. The normalized spacial score (nSPS) is 14.0. The summed E-state index contributed by atoms with van der Waals surface area (Å²) in [6, 6.07) is 0. The van der Waals surface area contributed by atoms with Gasteiger partial charge in [0.25, 0.3) is 0 Å². The van der Waals surface area contributed by atoms with Crippen molar-refractivity contribution >= 4 is 10.8 Å². The number of hydrogen-bond acceptors (Lipinski definition) is 3. The summed E-state index contributed by atoms with van der Waals surface area (Å²) in [5, 5.41) is 0. The van der Waals surface area contributed by atoms with Crippen LogP contribution in [0.25, 0.3) is 0 Å². The zero-order valence-electron chi connectivity index (χ0n) is 5.22. The molecule has 0 aromatic rings. The lowest BCUT2D eigenvalue weighted by Gasteiger charge is -2.27. The summed E-state index contributed by atoms with van der Waals surface area (Å²) in [4.78, 5) is 0. The molecular weight excluding hydrogens is 126 g/mol. The predicted octanol–water partition coefficient (Wildman–Crippen LogP) is 1.53. The van der Waals surface area contributed by atoms with E-state index in [2.05, 4.69) is 4.72 Å². The van der Waals surface area contributed by atoms with Crippen LogP contribution >= 0.6 is 10.8 Å². The molecule has 0 aromatic carbocycles. The Morgan fingerprint density at radius 1 is 1.62 bits per heavy atom. The van der Waals surface area contributed by atoms with Crippen LogP contribution in [0.2, 0.25) is 0 Å². The largest absolute Gasteiger partial charge is 0.286 e. The lowest BCUT2D eigenvalue weighted by Crippen LogP contribution is -2.18. The summed E-state index contributed by atoms with van der Waals surface area (Å²) >= 11 is 0. The number of nitrogens with one attached hydrogen (secondary N) is 1. The van der Waals surface area contributed by atoms with Crippen LogP contribution in [0, 0.1) is 0 Å². The van der Waals surface area contributed by atoms with Gasteiger partial charge in [-0.3, -0.25) is 9.11 Å². The summed E-state index contributed by atoms with van der Waals surface area (Å²) in [6.45, 7) is 2.64. The number of rotatable bonds is 3. The van der Waals surface area contributed by atoms with Crippen LogP contribution in [0.15, 0.2) is 0 Å². The van der Waals surface area contributed by atoms with Crippen LogP contribution in [-0.4, -0.2) is 21.9 Å². The molecule has 4 heteroatoms. The average Bonchev–Trinajstić information content (AvgIpc) is 1.59. The van der Waals surface area contributed by atoms with Gasteiger partial charge in [-0.15, -0.1) is 10.8 Å². The van der Waals surface area contributed by atoms with E-state index < -0.39 is 10.8 Å². The van der Waals surface area contributed by atoms with E-state index in [4.69, 9.17) is 9.11 Å². The van der Waals surface area contributed by atoms with Gasteiger partial charge < -0.3 is 0 Å². The molecule has 0 unspecified atom stereocenters. The zero-order chi connectivity index (χ0) is 6.62. The van der Waals surface area contributed by atoms with Gasteiger partial charge in [-0.2, -0.15) is 0 Å². The van der Waals surface area contributed by atoms with Crippen molar-refractivity contribution in [2.24, 2.45) is 0 Å². The molecule has 54 valence electrons. The van der Waals surface area contributed by atoms with E-state index in [0.29, 0.717) is 6.54 Å². The van der Waals surface area contributed by atoms with Gasteiger partial charge >= 0.3 is 0 Å². The zero-order valence-corrected chi connectivity index (χ0v) is 6.03. The highest BCUT2D eigenvalue weighted by Gasteiger charge is 1.97. The third kappa shape index (κ3) is 6.23. The molecule has 0 saturated carbocycles. The van der Waals surface area contributed by atoms with Gasteiger partial charge in [0.1, 0.15) is 0 Å². The molecule has 0 aliphatic heterocycles. The molecule has 0 spiro atoms. The Balaban J connectivity index is 0. The third-order valence-electron chi connectivity index (χ3n) is 0.625. The molecule has 8 heavy (non-hydrogen) atoms. The highest BCUT2D eigenvalue weighted by molar-refractivity contribution is 8.22. The SMILES string of the molecule is CCCNS(C)(O)O.[HH]. The maximum Gasteiger partial charge on any atom is 0.0416 e. The molecule has 0 rings (SSSR count). The first-order valence-electron chi connectivity index (χ1n) is 2.54. The van der Waals surface area contributed by atoms with E-state index in [1.54, 1.807) is 0 Å². The lowest BCUT2D eigenvalue weighted by atomic mass is 10.5. The van der Waals surface area contributed by atoms with Crippen molar-refractivity contribution in [1.82, 2.24) is 4.72 Å². The Labute approximate surface area is 53.1 Å². The van der Waals surface area contributed by atoms with E-state index >= 15 is 0 Å². The molecule has 0 aromatic heterocycles. The van der Waals surface area contributed by atoms with E-state index in [-0.39, 0.29) is 1.43 Å². The highest BCUT2D eigenvalue weighted by Crippen LogP contribution is 2.26. The molecule has 0 radical (unpaired) electrons. The second-order valence-corrected chi connectivity index (χ2v) is 3.68. The highest BCUT2D eigenvalue weighted by atomic mass is 32.3. The molecule has 0 fully saturated rings. The van der Waals surface area contributed by atoms with Crippen LogP contribution in [0.4, 0.5) is 0 Å². The monoisotopic (exact) mass is 141 g/mol. The Morgan fingerprint density at radius 2 is 2.12 bits per heavy atom. The Morgan fingerprint density at radius 3 is 2.25 bits per heavy atom. The van der Waals surface area contributed by atoms with Crippen molar-refractivity contribution in [3.8, 4) is 0 Å². The molecule has 0 aliphatic rings. The summed E-state index contributed by atoms with van der Waals surface area (Å²) in [5.74, 6) is 0. The average molecular weight is 141 g/mol. The van der Waals surface area contributed by atoms with Crippen LogP contribution in [0.3, 0.4) is 0 Å². The molecule has 0 bridgehead atoms. The van der Waals surface area contributed by atoms with Crippen molar-refractivity contribution in [1.29, 1.82) is 0 Å². The van der Waals surface area contributed by atoms with Crippen molar-refractivity contribution in [3.63, 3.8) is 0 Å². The Bertz CT molecular complexity index is 66.1. The van der Waals surface area contributed by atoms with Gasteiger partial charge in [0.2, 0.25) is 0 Å². The van der Waals surface area contributed by atoms with Gasteiger partial charge in [0, 0.05) is 14.2 Å². The van der Waals surface area contributed by atoms with Gasteiger partial charge in [-0.25, -0.2) is 4.72 Å². The summed E-state index contributed by atoms with van der Waals surface area (Å²) in [5.41, 5.74) is 0. The first-order valence-corrected chi connectivity index (χ1v) is 4.49. The van der Waals surface area contributed by atoms with Crippen molar-refractivity contribution < 1.29 is 10.5 Å².